The summed E-state index contributed by atoms with van der Waals surface area (Å²) < 4.78 is 30.7. The van der Waals surface area contributed by atoms with Crippen molar-refractivity contribution in [3.63, 3.8) is 0 Å². The summed E-state index contributed by atoms with van der Waals surface area (Å²) in [4.78, 5) is 24.0. The van der Waals surface area contributed by atoms with Crippen molar-refractivity contribution >= 4 is 56.1 Å². The molecular weight excluding hydrogens is 424 g/mol. The summed E-state index contributed by atoms with van der Waals surface area (Å²) >= 11 is 4.76. The molecule has 7 nitrogen and oxygen atoms in total. The first-order chi connectivity index (χ1) is 14.3. The Kier molecular flexibility index (Phi) is 5.06. The molecule has 0 radical (unpaired) electrons. The molecule has 1 aliphatic rings. The molecule has 3 aromatic carbocycles. The minimum absolute atomic E-state index is 0.0181. The molecule has 2 amide bonds. The number of hydrogen-bond acceptors (Lipinski definition) is 6. The molecule has 0 saturated carbocycles. The zero-order chi connectivity index (χ0) is 21.3. The van der Waals surface area contributed by atoms with Gasteiger partial charge in [-0.3, -0.25) is 20.2 Å². The minimum atomic E-state index is -4.08. The first kappa shape index (κ1) is 19.7. The summed E-state index contributed by atoms with van der Waals surface area (Å²) in [6.07, 6.45) is 1.32. The SMILES string of the molecule is O=C1NC(=S)NC(=O)C1=Cc1cccc(OS(=O)(=O)c2ccc3ccccc3c2)c1. The maximum absolute atomic E-state index is 12.7. The van der Waals surface area contributed by atoms with Gasteiger partial charge in [0.1, 0.15) is 16.2 Å². The van der Waals surface area contributed by atoms with Gasteiger partial charge in [0.25, 0.3) is 11.8 Å². The van der Waals surface area contributed by atoms with Gasteiger partial charge in [0.05, 0.1) is 0 Å². The number of fused-ring (bicyclic) bond motifs is 1. The summed E-state index contributed by atoms with van der Waals surface area (Å²) in [5.41, 5.74) is 0.257. The van der Waals surface area contributed by atoms with Gasteiger partial charge >= 0.3 is 10.1 Å². The van der Waals surface area contributed by atoms with Gasteiger partial charge in [-0.2, -0.15) is 8.42 Å². The van der Waals surface area contributed by atoms with Crippen molar-refractivity contribution in [1.29, 1.82) is 0 Å². The molecule has 9 heteroatoms. The highest BCUT2D eigenvalue weighted by Crippen LogP contribution is 2.24. The van der Waals surface area contributed by atoms with Crippen LogP contribution in [0.25, 0.3) is 16.8 Å². The van der Waals surface area contributed by atoms with Crippen LogP contribution in [0.1, 0.15) is 5.56 Å². The first-order valence-electron chi connectivity index (χ1n) is 8.73. The van der Waals surface area contributed by atoms with E-state index in [4.69, 9.17) is 16.4 Å². The molecule has 0 aromatic heterocycles. The summed E-state index contributed by atoms with van der Waals surface area (Å²) in [5, 5.41) is 6.28. The van der Waals surface area contributed by atoms with Crippen molar-refractivity contribution in [3.8, 4) is 5.75 Å². The summed E-state index contributed by atoms with van der Waals surface area (Å²) in [6, 6.07) is 18.2. The van der Waals surface area contributed by atoms with E-state index in [1.165, 1.54) is 30.3 Å². The van der Waals surface area contributed by atoms with Crippen LogP contribution >= 0.6 is 12.2 Å². The molecule has 150 valence electrons. The second-order valence-electron chi connectivity index (χ2n) is 6.41. The van der Waals surface area contributed by atoms with Crippen LogP contribution < -0.4 is 14.8 Å². The second-order valence-corrected chi connectivity index (χ2v) is 8.37. The summed E-state index contributed by atoms with van der Waals surface area (Å²) in [7, 11) is -4.08. The van der Waals surface area contributed by atoms with Gasteiger partial charge in [-0.1, -0.05) is 42.5 Å². The smallest absolute Gasteiger partial charge is 0.339 e. The van der Waals surface area contributed by atoms with Crippen molar-refractivity contribution < 1.29 is 22.2 Å². The Labute approximate surface area is 177 Å². The van der Waals surface area contributed by atoms with Crippen molar-refractivity contribution in [2.75, 3.05) is 0 Å². The Morgan fingerprint density at radius 2 is 1.53 bits per heavy atom. The van der Waals surface area contributed by atoms with E-state index in [1.807, 2.05) is 24.3 Å². The van der Waals surface area contributed by atoms with Gasteiger partial charge in [0.15, 0.2) is 5.11 Å². The van der Waals surface area contributed by atoms with E-state index in [2.05, 4.69) is 10.6 Å². The van der Waals surface area contributed by atoms with E-state index in [-0.39, 0.29) is 21.3 Å². The van der Waals surface area contributed by atoms with E-state index in [0.717, 1.165) is 10.8 Å². The average molecular weight is 438 g/mol. The fraction of sp³-hybridized carbons (Fsp3) is 0. The Balaban J connectivity index is 1.62. The van der Waals surface area contributed by atoms with E-state index >= 15 is 0 Å². The highest BCUT2D eigenvalue weighted by Gasteiger charge is 2.25. The van der Waals surface area contributed by atoms with E-state index in [1.54, 1.807) is 18.2 Å². The molecule has 0 aliphatic carbocycles. The maximum Gasteiger partial charge on any atom is 0.339 e. The van der Waals surface area contributed by atoms with Crippen molar-refractivity contribution in [2.24, 2.45) is 0 Å². The molecule has 0 atom stereocenters. The molecule has 0 spiro atoms. The number of thiocarbonyl (C=S) groups is 1. The standard InChI is InChI=1S/C21H14N2O5S2/c24-19-18(20(25)23-21(29)22-19)11-13-4-3-7-16(10-13)28-30(26,27)17-9-8-14-5-1-2-6-15(14)12-17/h1-12H,(H2,22,23,24,25,29). The Bertz CT molecular complexity index is 1320. The third kappa shape index (κ3) is 4.07. The van der Waals surface area contributed by atoms with E-state index in [9.17, 15) is 18.0 Å². The lowest BCUT2D eigenvalue weighted by atomic mass is 10.1. The number of amides is 2. The minimum Gasteiger partial charge on any atom is -0.379 e. The zero-order valence-electron chi connectivity index (χ0n) is 15.3. The first-order valence-corrected chi connectivity index (χ1v) is 10.6. The molecule has 1 aliphatic heterocycles. The predicted molar refractivity (Wildman–Crippen MR) is 115 cm³/mol. The number of hydrogen-bond donors (Lipinski definition) is 2. The molecule has 1 fully saturated rings. The van der Waals surface area contributed by atoms with Gasteiger partial charge in [0.2, 0.25) is 0 Å². The molecule has 1 saturated heterocycles. The molecule has 30 heavy (non-hydrogen) atoms. The summed E-state index contributed by atoms with van der Waals surface area (Å²) in [5.74, 6) is -1.23. The molecule has 3 aromatic rings. The van der Waals surface area contributed by atoms with Crippen LogP contribution in [-0.2, 0) is 19.7 Å². The third-order valence-corrected chi connectivity index (χ3v) is 5.78. The van der Waals surface area contributed by atoms with Crippen LogP contribution in [0.15, 0.2) is 77.2 Å². The van der Waals surface area contributed by atoms with Crippen molar-refractivity contribution in [1.82, 2.24) is 10.6 Å². The molecule has 4 rings (SSSR count). The van der Waals surface area contributed by atoms with Crippen LogP contribution in [0.3, 0.4) is 0 Å². The summed E-state index contributed by atoms with van der Waals surface area (Å²) in [6.45, 7) is 0. The zero-order valence-corrected chi connectivity index (χ0v) is 16.9. The molecular formula is C21H14N2O5S2. The number of benzene rings is 3. The number of nitrogens with one attached hydrogen (secondary N) is 2. The lowest BCUT2D eigenvalue weighted by Crippen LogP contribution is -2.51. The normalized spacial score (nSPS) is 14.3. The largest absolute Gasteiger partial charge is 0.379 e. The molecule has 0 bridgehead atoms. The molecule has 1 heterocycles. The van der Waals surface area contributed by atoms with Gasteiger partial charge in [0, 0.05) is 0 Å². The van der Waals surface area contributed by atoms with Crippen LogP contribution in [0, 0.1) is 0 Å². The number of carbonyl (C=O) groups excluding carboxylic acids is 2. The van der Waals surface area contributed by atoms with Crippen LogP contribution in [0.2, 0.25) is 0 Å². The van der Waals surface area contributed by atoms with Gasteiger partial charge in [-0.15, -0.1) is 0 Å². The highest BCUT2D eigenvalue weighted by molar-refractivity contribution is 7.87. The fourth-order valence-corrected chi connectivity index (χ4v) is 4.07. The lowest BCUT2D eigenvalue weighted by Gasteiger charge is -2.16. The van der Waals surface area contributed by atoms with Crippen LogP contribution in [0.4, 0.5) is 0 Å². The fourth-order valence-electron chi connectivity index (χ4n) is 2.93. The van der Waals surface area contributed by atoms with Crippen molar-refractivity contribution in [3.05, 3.63) is 77.9 Å². The van der Waals surface area contributed by atoms with Crippen LogP contribution in [-0.4, -0.2) is 25.3 Å². The topological polar surface area (TPSA) is 102 Å². The average Bonchev–Trinajstić information content (AvgIpc) is 2.70. The van der Waals surface area contributed by atoms with E-state index in [0.29, 0.717) is 5.56 Å². The van der Waals surface area contributed by atoms with Gasteiger partial charge < -0.3 is 4.18 Å². The monoisotopic (exact) mass is 438 g/mol. The highest BCUT2D eigenvalue weighted by atomic mass is 32.2. The Morgan fingerprint density at radius 3 is 2.27 bits per heavy atom. The van der Waals surface area contributed by atoms with Gasteiger partial charge in [-0.25, -0.2) is 0 Å². The second kappa shape index (κ2) is 7.69. The predicted octanol–water partition coefficient (Wildman–Crippen LogP) is 2.52. The van der Waals surface area contributed by atoms with Gasteiger partial charge in [-0.05, 0) is 58.9 Å². The number of carbonyl (C=O) groups is 2. The number of rotatable bonds is 4. The lowest BCUT2D eigenvalue weighted by molar-refractivity contribution is -0.123. The Hall–Kier alpha value is -3.56. The Morgan fingerprint density at radius 1 is 0.833 bits per heavy atom. The quantitative estimate of drug-likeness (QED) is 0.281. The third-order valence-electron chi connectivity index (χ3n) is 4.33. The molecule has 2 N–H and O–H groups in total. The van der Waals surface area contributed by atoms with Crippen LogP contribution in [0.5, 0.6) is 5.75 Å². The van der Waals surface area contributed by atoms with Crippen molar-refractivity contribution in [2.45, 2.75) is 4.90 Å². The maximum atomic E-state index is 12.7. The van der Waals surface area contributed by atoms with E-state index < -0.39 is 21.9 Å². The molecule has 0 unspecified atom stereocenters.